The Labute approximate surface area is 121 Å². The Morgan fingerprint density at radius 3 is 2.55 bits per heavy atom. The van der Waals surface area contributed by atoms with E-state index in [4.69, 9.17) is 5.73 Å². The third kappa shape index (κ3) is 2.80. The lowest BCUT2D eigenvalue weighted by molar-refractivity contribution is 0.0894. The molecule has 0 heterocycles. The molecule has 0 aromatic heterocycles. The van der Waals surface area contributed by atoms with Crippen LogP contribution in [0.4, 0.5) is 0 Å². The molecule has 2 aliphatic rings. The first-order chi connectivity index (χ1) is 9.75. The van der Waals surface area contributed by atoms with Crippen molar-refractivity contribution in [1.82, 2.24) is 0 Å². The van der Waals surface area contributed by atoms with Crippen LogP contribution in [0.15, 0.2) is 24.3 Å². The van der Waals surface area contributed by atoms with Gasteiger partial charge in [0.2, 0.25) is 0 Å². The average molecular weight is 271 g/mol. The molecule has 108 valence electrons. The molecule has 0 aliphatic heterocycles. The van der Waals surface area contributed by atoms with Gasteiger partial charge in [-0.3, -0.25) is 4.79 Å². The van der Waals surface area contributed by atoms with Gasteiger partial charge in [0.15, 0.2) is 5.78 Å². The second-order valence-corrected chi connectivity index (χ2v) is 6.53. The average Bonchev–Trinajstić information content (AvgIpc) is 2.61. The van der Waals surface area contributed by atoms with Crippen LogP contribution in [0.25, 0.3) is 0 Å². The zero-order valence-corrected chi connectivity index (χ0v) is 12.2. The van der Waals surface area contributed by atoms with Crippen LogP contribution in [0, 0.1) is 5.92 Å². The van der Waals surface area contributed by atoms with Crippen molar-refractivity contribution in [3.63, 3.8) is 0 Å². The normalized spacial score (nSPS) is 27.6. The van der Waals surface area contributed by atoms with Gasteiger partial charge < -0.3 is 5.73 Å². The Kier molecular flexibility index (Phi) is 4.21. The van der Waals surface area contributed by atoms with Gasteiger partial charge in [-0.2, -0.15) is 0 Å². The van der Waals surface area contributed by atoms with E-state index in [-0.39, 0.29) is 17.7 Å². The van der Waals surface area contributed by atoms with Crippen LogP contribution < -0.4 is 5.73 Å². The summed E-state index contributed by atoms with van der Waals surface area (Å²) in [6.45, 7) is 0. The highest BCUT2D eigenvalue weighted by molar-refractivity contribution is 5.98. The molecule has 2 nitrogen and oxygen atoms in total. The number of ketones is 1. The van der Waals surface area contributed by atoms with E-state index >= 15 is 0 Å². The van der Waals surface area contributed by atoms with E-state index in [1.165, 1.54) is 37.7 Å². The number of rotatable bonds is 3. The predicted molar refractivity (Wildman–Crippen MR) is 81.9 cm³/mol. The number of Topliss-reactive ketones (excluding diaryl/α,β-unsaturated/α-hetero) is 1. The van der Waals surface area contributed by atoms with Gasteiger partial charge in [-0.15, -0.1) is 0 Å². The monoisotopic (exact) mass is 271 g/mol. The lowest BCUT2D eigenvalue weighted by atomic mass is 9.79. The van der Waals surface area contributed by atoms with E-state index < -0.39 is 0 Å². The van der Waals surface area contributed by atoms with E-state index in [0.717, 1.165) is 24.8 Å². The Morgan fingerprint density at radius 2 is 1.80 bits per heavy atom. The molecular formula is C18H25NO. The summed E-state index contributed by atoms with van der Waals surface area (Å²) < 4.78 is 0. The van der Waals surface area contributed by atoms with Gasteiger partial charge in [0, 0.05) is 17.5 Å². The topological polar surface area (TPSA) is 43.1 Å². The maximum atomic E-state index is 12.8. The minimum absolute atomic E-state index is 0.0362. The van der Waals surface area contributed by atoms with Crippen LogP contribution in [0.2, 0.25) is 0 Å². The van der Waals surface area contributed by atoms with Crippen molar-refractivity contribution in [2.75, 3.05) is 0 Å². The van der Waals surface area contributed by atoms with E-state index in [1.54, 1.807) is 0 Å². The molecule has 2 atom stereocenters. The van der Waals surface area contributed by atoms with Gasteiger partial charge in [-0.25, -0.2) is 0 Å². The number of hydrogen-bond donors (Lipinski definition) is 1. The Balaban J connectivity index is 1.78. The summed E-state index contributed by atoms with van der Waals surface area (Å²) in [5.41, 5.74) is 8.47. The number of hydrogen-bond acceptors (Lipinski definition) is 2. The second-order valence-electron chi connectivity index (χ2n) is 6.53. The summed E-state index contributed by atoms with van der Waals surface area (Å²) in [6, 6.07) is 8.38. The smallest absolute Gasteiger partial charge is 0.167 e. The van der Waals surface area contributed by atoms with Gasteiger partial charge in [-0.05, 0) is 43.2 Å². The maximum Gasteiger partial charge on any atom is 0.167 e. The van der Waals surface area contributed by atoms with E-state index in [9.17, 15) is 4.79 Å². The van der Waals surface area contributed by atoms with Crippen LogP contribution in [0.3, 0.4) is 0 Å². The molecule has 20 heavy (non-hydrogen) atoms. The number of carbonyl (C=O) groups excluding carboxylic acids is 1. The minimum atomic E-state index is 0.0362. The van der Waals surface area contributed by atoms with Crippen LogP contribution >= 0.6 is 0 Å². The molecule has 0 bridgehead atoms. The summed E-state index contributed by atoms with van der Waals surface area (Å²) in [6.07, 6.45) is 9.39. The van der Waals surface area contributed by atoms with Crippen molar-refractivity contribution in [1.29, 1.82) is 0 Å². The fourth-order valence-electron chi connectivity index (χ4n) is 3.56. The molecule has 2 unspecified atom stereocenters. The van der Waals surface area contributed by atoms with Crippen molar-refractivity contribution in [3.05, 3.63) is 35.4 Å². The van der Waals surface area contributed by atoms with Gasteiger partial charge in [0.25, 0.3) is 0 Å². The quantitative estimate of drug-likeness (QED) is 0.666. The number of nitrogens with two attached hydrogens (primary N) is 1. The lowest BCUT2D eigenvalue weighted by Gasteiger charge is -2.26. The van der Waals surface area contributed by atoms with Crippen molar-refractivity contribution in [3.8, 4) is 0 Å². The van der Waals surface area contributed by atoms with Crippen molar-refractivity contribution < 1.29 is 4.79 Å². The Hall–Kier alpha value is -1.15. The summed E-state index contributed by atoms with van der Waals surface area (Å²) in [5.74, 6) is 1.00. The SMILES string of the molecule is NC1CCCCCC1C(=O)c1cccc(C2CCC2)c1. The summed E-state index contributed by atoms with van der Waals surface area (Å²) in [4.78, 5) is 12.8. The third-order valence-corrected chi connectivity index (χ3v) is 5.15. The zero-order chi connectivity index (χ0) is 13.9. The predicted octanol–water partition coefficient (Wildman–Crippen LogP) is 4.04. The highest BCUT2D eigenvalue weighted by atomic mass is 16.1. The molecule has 2 heteroatoms. The number of carbonyl (C=O) groups is 1. The van der Waals surface area contributed by atoms with E-state index in [2.05, 4.69) is 12.1 Å². The van der Waals surface area contributed by atoms with Crippen molar-refractivity contribution >= 4 is 5.78 Å². The van der Waals surface area contributed by atoms with Crippen LogP contribution in [-0.4, -0.2) is 11.8 Å². The first kappa shape index (κ1) is 13.8. The molecule has 1 aromatic carbocycles. The molecule has 0 saturated heterocycles. The van der Waals surface area contributed by atoms with E-state index in [0.29, 0.717) is 5.92 Å². The third-order valence-electron chi connectivity index (χ3n) is 5.15. The first-order valence-electron chi connectivity index (χ1n) is 8.15. The second kappa shape index (κ2) is 6.09. The highest BCUT2D eigenvalue weighted by Crippen LogP contribution is 2.37. The largest absolute Gasteiger partial charge is 0.327 e. The Bertz CT molecular complexity index is 478. The fourth-order valence-corrected chi connectivity index (χ4v) is 3.56. The fraction of sp³-hybridized carbons (Fsp3) is 0.611. The molecule has 0 amide bonds. The summed E-state index contributed by atoms with van der Waals surface area (Å²) >= 11 is 0. The lowest BCUT2D eigenvalue weighted by Crippen LogP contribution is -2.34. The van der Waals surface area contributed by atoms with Crippen LogP contribution in [-0.2, 0) is 0 Å². The summed E-state index contributed by atoms with van der Waals surface area (Å²) in [5, 5.41) is 0. The molecular weight excluding hydrogens is 246 g/mol. The number of benzene rings is 1. The minimum Gasteiger partial charge on any atom is -0.327 e. The van der Waals surface area contributed by atoms with Gasteiger partial charge in [-0.1, -0.05) is 43.9 Å². The van der Waals surface area contributed by atoms with Gasteiger partial charge in [0.1, 0.15) is 0 Å². The molecule has 2 aliphatic carbocycles. The van der Waals surface area contributed by atoms with Crippen LogP contribution in [0.1, 0.15) is 73.2 Å². The highest BCUT2D eigenvalue weighted by Gasteiger charge is 2.28. The molecule has 0 radical (unpaired) electrons. The molecule has 2 N–H and O–H groups in total. The molecule has 1 aromatic rings. The molecule has 2 fully saturated rings. The maximum absolute atomic E-state index is 12.8. The van der Waals surface area contributed by atoms with Crippen molar-refractivity contribution in [2.24, 2.45) is 11.7 Å². The molecule has 0 spiro atoms. The Morgan fingerprint density at radius 1 is 1.00 bits per heavy atom. The first-order valence-corrected chi connectivity index (χ1v) is 8.15. The van der Waals surface area contributed by atoms with Crippen molar-refractivity contribution in [2.45, 2.75) is 63.3 Å². The van der Waals surface area contributed by atoms with Crippen LogP contribution in [0.5, 0.6) is 0 Å². The van der Waals surface area contributed by atoms with Gasteiger partial charge in [0.05, 0.1) is 0 Å². The molecule has 2 saturated carbocycles. The standard InChI is InChI=1S/C18H25NO/c19-17-11-3-1-2-10-16(17)18(20)15-9-5-8-14(12-15)13-6-4-7-13/h5,8-9,12-13,16-17H,1-4,6-7,10-11,19H2. The van der Waals surface area contributed by atoms with E-state index in [1.807, 2.05) is 12.1 Å². The van der Waals surface area contributed by atoms with Gasteiger partial charge >= 0.3 is 0 Å². The summed E-state index contributed by atoms with van der Waals surface area (Å²) in [7, 11) is 0. The zero-order valence-electron chi connectivity index (χ0n) is 12.2. The molecule has 3 rings (SSSR count).